The molecule has 0 aromatic carbocycles. The summed E-state index contributed by atoms with van der Waals surface area (Å²) in [5.41, 5.74) is 0. The van der Waals surface area contributed by atoms with Gasteiger partial charge in [0.2, 0.25) is 0 Å². The summed E-state index contributed by atoms with van der Waals surface area (Å²) in [6.45, 7) is 4.91. The second kappa shape index (κ2) is 2.69. The lowest BCUT2D eigenvalue weighted by molar-refractivity contribution is 0.484. The molecule has 1 N–H and O–H groups in total. The van der Waals surface area contributed by atoms with Gasteiger partial charge in [-0.2, -0.15) is 12.7 Å². The molecule has 5 heteroatoms. The monoisotopic (exact) mass is 162 g/mol. The largest absolute Gasteiger partial charge is 0.279 e. The minimum atomic E-state index is -3.14. The Labute approximate surface area is 60.7 Å². The molecule has 0 unspecified atom stereocenters. The molecule has 1 saturated heterocycles. The molecular formula is C5H10N2O2S. The van der Waals surface area contributed by atoms with E-state index in [1.807, 2.05) is 0 Å². The van der Waals surface area contributed by atoms with Crippen LogP contribution in [0.15, 0.2) is 12.7 Å². The van der Waals surface area contributed by atoms with E-state index in [-0.39, 0.29) is 0 Å². The summed E-state index contributed by atoms with van der Waals surface area (Å²) in [6.07, 6.45) is 1.57. The zero-order valence-corrected chi connectivity index (χ0v) is 6.39. The van der Waals surface area contributed by atoms with Crippen LogP contribution in [0.5, 0.6) is 0 Å². The van der Waals surface area contributed by atoms with Gasteiger partial charge in [-0.3, -0.25) is 0 Å². The zero-order chi connectivity index (χ0) is 7.61. The number of nitrogens with zero attached hydrogens (tertiary/aromatic N) is 1. The van der Waals surface area contributed by atoms with E-state index >= 15 is 0 Å². The highest BCUT2D eigenvalue weighted by Gasteiger charge is 2.25. The standard InChI is InChI=1S/C5H10N2O2S/c1-2-4-7-5-3-6-10(7,8)9/h2,6H,1,3-5H2. The van der Waals surface area contributed by atoms with E-state index in [0.29, 0.717) is 19.6 Å². The molecule has 0 aromatic heterocycles. The summed E-state index contributed by atoms with van der Waals surface area (Å²) >= 11 is 0. The quantitative estimate of drug-likeness (QED) is 0.547. The molecule has 4 nitrogen and oxygen atoms in total. The Morgan fingerprint density at radius 2 is 2.40 bits per heavy atom. The summed E-state index contributed by atoms with van der Waals surface area (Å²) in [7, 11) is -3.14. The van der Waals surface area contributed by atoms with Gasteiger partial charge in [-0.15, -0.1) is 6.58 Å². The lowest BCUT2D eigenvalue weighted by atomic mass is 10.6. The fourth-order valence-corrected chi connectivity index (χ4v) is 2.01. The topological polar surface area (TPSA) is 49.4 Å². The molecule has 0 bridgehead atoms. The Balaban J connectivity index is 2.69. The SMILES string of the molecule is C=CCN1CCNS1(=O)=O. The predicted molar refractivity (Wildman–Crippen MR) is 38.7 cm³/mol. The van der Waals surface area contributed by atoms with Crippen LogP contribution in [0.25, 0.3) is 0 Å². The van der Waals surface area contributed by atoms with Crippen LogP contribution in [0.2, 0.25) is 0 Å². The summed E-state index contributed by atoms with van der Waals surface area (Å²) < 4.78 is 25.6. The van der Waals surface area contributed by atoms with Crippen molar-refractivity contribution in [3.05, 3.63) is 12.7 Å². The van der Waals surface area contributed by atoms with E-state index in [4.69, 9.17) is 0 Å². The Morgan fingerprint density at radius 1 is 1.70 bits per heavy atom. The average Bonchev–Trinajstić information content (AvgIpc) is 2.13. The van der Waals surface area contributed by atoms with Gasteiger partial charge in [0.15, 0.2) is 0 Å². The smallest absolute Gasteiger partial charge is 0.201 e. The molecule has 0 spiro atoms. The van der Waals surface area contributed by atoms with Crippen molar-refractivity contribution in [3.8, 4) is 0 Å². The third-order valence-corrected chi connectivity index (χ3v) is 2.90. The van der Waals surface area contributed by atoms with E-state index in [1.54, 1.807) is 6.08 Å². The number of hydrogen-bond donors (Lipinski definition) is 1. The molecule has 58 valence electrons. The van der Waals surface area contributed by atoms with Crippen molar-refractivity contribution in [2.24, 2.45) is 0 Å². The van der Waals surface area contributed by atoms with Gasteiger partial charge >= 0.3 is 0 Å². The summed E-state index contributed by atoms with van der Waals surface area (Å²) in [4.78, 5) is 0. The highest BCUT2D eigenvalue weighted by atomic mass is 32.2. The Hall–Kier alpha value is -0.390. The number of nitrogens with one attached hydrogen (secondary N) is 1. The normalized spacial score (nSPS) is 24.8. The maximum absolute atomic E-state index is 10.9. The molecule has 0 amide bonds. The van der Waals surface area contributed by atoms with Gasteiger partial charge in [-0.1, -0.05) is 6.08 Å². The van der Waals surface area contributed by atoms with Crippen LogP contribution >= 0.6 is 0 Å². The lowest BCUT2D eigenvalue weighted by Gasteiger charge is -2.08. The van der Waals surface area contributed by atoms with Crippen LogP contribution in [0.1, 0.15) is 0 Å². The van der Waals surface area contributed by atoms with Gasteiger partial charge in [-0.25, -0.2) is 4.72 Å². The molecule has 0 radical (unpaired) electrons. The molecular weight excluding hydrogens is 152 g/mol. The predicted octanol–water partition coefficient (Wildman–Crippen LogP) is -0.678. The average molecular weight is 162 g/mol. The molecule has 0 aromatic rings. The summed E-state index contributed by atoms with van der Waals surface area (Å²) in [6, 6.07) is 0. The van der Waals surface area contributed by atoms with Gasteiger partial charge in [0.05, 0.1) is 0 Å². The van der Waals surface area contributed by atoms with E-state index in [0.717, 1.165) is 0 Å². The van der Waals surface area contributed by atoms with Crippen LogP contribution in [0.3, 0.4) is 0 Å². The minimum absolute atomic E-state index is 0.398. The lowest BCUT2D eigenvalue weighted by Crippen LogP contribution is -2.29. The fourth-order valence-electron chi connectivity index (χ4n) is 0.844. The van der Waals surface area contributed by atoms with Gasteiger partial charge in [0.1, 0.15) is 0 Å². The molecule has 1 rings (SSSR count). The van der Waals surface area contributed by atoms with E-state index in [1.165, 1.54) is 4.31 Å². The molecule has 1 aliphatic heterocycles. The van der Waals surface area contributed by atoms with Crippen molar-refractivity contribution >= 4 is 10.2 Å². The molecule has 0 atom stereocenters. The van der Waals surface area contributed by atoms with Crippen LogP contribution in [-0.2, 0) is 10.2 Å². The molecule has 1 fully saturated rings. The van der Waals surface area contributed by atoms with E-state index in [9.17, 15) is 8.42 Å². The number of rotatable bonds is 2. The molecule has 10 heavy (non-hydrogen) atoms. The van der Waals surface area contributed by atoms with Crippen molar-refractivity contribution in [1.29, 1.82) is 0 Å². The second-order valence-electron chi connectivity index (χ2n) is 2.05. The first-order valence-electron chi connectivity index (χ1n) is 3.02. The van der Waals surface area contributed by atoms with Crippen LogP contribution in [0, 0.1) is 0 Å². The van der Waals surface area contributed by atoms with E-state index < -0.39 is 10.2 Å². The first kappa shape index (κ1) is 7.71. The molecule has 1 heterocycles. The fraction of sp³-hybridized carbons (Fsp3) is 0.600. The van der Waals surface area contributed by atoms with Crippen LogP contribution < -0.4 is 4.72 Å². The first-order valence-corrected chi connectivity index (χ1v) is 4.46. The maximum atomic E-state index is 10.9. The van der Waals surface area contributed by atoms with Crippen molar-refractivity contribution in [3.63, 3.8) is 0 Å². The Bertz CT molecular complexity index is 222. The summed E-state index contributed by atoms with van der Waals surface area (Å²) in [5, 5.41) is 0. The van der Waals surface area contributed by atoms with Crippen LogP contribution in [-0.4, -0.2) is 32.4 Å². The molecule has 0 saturated carbocycles. The highest BCUT2D eigenvalue weighted by molar-refractivity contribution is 7.87. The highest BCUT2D eigenvalue weighted by Crippen LogP contribution is 2.02. The van der Waals surface area contributed by atoms with Gasteiger partial charge in [0, 0.05) is 19.6 Å². The Morgan fingerprint density at radius 3 is 2.80 bits per heavy atom. The minimum Gasteiger partial charge on any atom is -0.201 e. The van der Waals surface area contributed by atoms with Crippen molar-refractivity contribution in [2.75, 3.05) is 19.6 Å². The zero-order valence-electron chi connectivity index (χ0n) is 5.58. The first-order chi connectivity index (χ1) is 4.67. The molecule has 0 aliphatic carbocycles. The summed E-state index contributed by atoms with van der Waals surface area (Å²) in [5.74, 6) is 0. The number of hydrogen-bond acceptors (Lipinski definition) is 2. The van der Waals surface area contributed by atoms with Gasteiger partial charge in [-0.05, 0) is 0 Å². The third-order valence-electron chi connectivity index (χ3n) is 1.32. The maximum Gasteiger partial charge on any atom is 0.279 e. The van der Waals surface area contributed by atoms with Crippen molar-refractivity contribution < 1.29 is 8.42 Å². The van der Waals surface area contributed by atoms with E-state index in [2.05, 4.69) is 11.3 Å². The molecule has 1 aliphatic rings. The second-order valence-corrected chi connectivity index (χ2v) is 3.80. The third kappa shape index (κ3) is 1.36. The van der Waals surface area contributed by atoms with Gasteiger partial charge < -0.3 is 0 Å². The Kier molecular flexibility index (Phi) is 2.08. The van der Waals surface area contributed by atoms with Gasteiger partial charge in [0.25, 0.3) is 10.2 Å². The van der Waals surface area contributed by atoms with Crippen LogP contribution in [0.4, 0.5) is 0 Å². The van der Waals surface area contributed by atoms with Crippen molar-refractivity contribution in [1.82, 2.24) is 9.03 Å². The van der Waals surface area contributed by atoms with Crippen molar-refractivity contribution in [2.45, 2.75) is 0 Å².